The molecule has 1 amide bonds. The fourth-order valence-corrected chi connectivity index (χ4v) is 6.69. The lowest BCUT2D eigenvalue weighted by atomic mass is 9.87. The number of nitrogens with zero attached hydrogens (tertiary/aromatic N) is 2. The number of rotatable bonds is 11. The Hall–Kier alpha value is -3.64. The summed E-state index contributed by atoms with van der Waals surface area (Å²) in [6, 6.07) is 3.12. The zero-order valence-electron chi connectivity index (χ0n) is 26.2. The summed E-state index contributed by atoms with van der Waals surface area (Å²) >= 11 is 0. The fourth-order valence-electron chi connectivity index (χ4n) is 5.22. The number of anilines is 1. The second-order valence-electron chi connectivity index (χ2n) is 12.5. The smallest absolute Gasteiger partial charge is 0.419 e. The number of ether oxygens (including phenoxy) is 2. The van der Waals surface area contributed by atoms with E-state index in [2.05, 4.69) is 30.9 Å². The highest BCUT2D eigenvalue weighted by Crippen LogP contribution is 2.43. The van der Waals surface area contributed by atoms with E-state index < -0.39 is 36.5 Å². The summed E-state index contributed by atoms with van der Waals surface area (Å²) in [6.45, 7) is 9.65. The van der Waals surface area contributed by atoms with Crippen molar-refractivity contribution in [3.8, 4) is 11.3 Å². The van der Waals surface area contributed by atoms with Crippen LogP contribution in [0.5, 0.6) is 0 Å². The predicted molar refractivity (Wildman–Crippen MR) is 167 cm³/mol. The maximum atomic E-state index is 14.1. The number of H-pyrrole nitrogens is 1. The third-order valence-corrected chi connectivity index (χ3v) is 8.84. The van der Waals surface area contributed by atoms with Crippen molar-refractivity contribution in [2.45, 2.75) is 70.3 Å². The van der Waals surface area contributed by atoms with Crippen LogP contribution in [-0.2, 0) is 20.2 Å². The van der Waals surface area contributed by atoms with Crippen LogP contribution in [0, 0.1) is 0 Å². The first kappa shape index (κ1) is 34.2. The maximum Gasteiger partial charge on any atom is 0.419 e. The number of methoxy groups -OCH3 is 1. The van der Waals surface area contributed by atoms with Crippen molar-refractivity contribution in [2.24, 2.45) is 0 Å². The van der Waals surface area contributed by atoms with Crippen LogP contribution in [-0.4, -0.2) is 78.2 Å². The van der Waals surface area contributed by atoms with E-state index >= 15 is 0 Å². The van der Waals surface area contributed by atoms with Gasteiger partial charge in [-0.3, -0.25) is 0 Å². The van der Waals surface area contributed by atoms with Gasteiger partial charge in [0.05, 0.1) is 23.9 Å². The van der Waals surface area contributed by atoms with Gasteiger partial charge in [-0.1, -0.05) is 6.07 Å². The summed E-state index contributed by atoms with van der Waals surface area (Å²) in [5.41, 5.74) is -1.38. The van der Waals surface area contributed by atoms with Gasteiger partial charge in [-0.05, 0) is 72.4 Å². The lowest BCUT2D eigenvalue weighted by Crippen LogP contribution is -2.48. The molecule has 1 fully saturated rings. The predicted octanol–water partition coefficient (Wildman–Crippen LogP) is 5.52. The van der Waals surface area contributed by atoms with E-state index in [-0.39, 0.29) is 45.7 Å². The summed E-state index contributed by atoms with van der Waals surface area (Å²) in [5, 5.41) is 9.85. The number of aromatic nitrogens is 3. The van der Waals surface area contributed by atoms with Crippen LogP contribution in [0.2, 0.25) is 0 Å². The number of esters is 1. The van der Waals surface area contributed by atoms with Gasteiger partial charge < -0.3 is 35.0 Å². The number of unbranched alkanes of at least 4 members (excludes halogenated alkanes) is 1. The third-order valence-electron chi connectivity index (χ3n) is 7.30. The minimum atomic E-state index is -4.73. The molecule has 3 aromatic rings. The van der Waals surface area contributed by atoms with Crippen LogP contribution in [0.25, 0.3) is 22.2 Å². The van der Waals surface area contributed by atoms with Gasteiger partial charge in [0.25, 0.3) is 0 Å². The van der Waals surface area contributed by atoms with Crippen molar-refractivity contribution in [3.63, 3.8) is 0 Å². The lowest BCUT2D eigenvalue weighted by molar-refractivity contribution is -0.137. The van der Waals surface area contributed by atoms with Gasteiger partial charge in [0.15, 0.2) is 0 Å². The third kappa shape index (κ3) is 8.55. The van der Waals surface area contributed by atoms with Crippen molar-refractivity contribution in [1.82, 2.24) is 25.6 Å². The number of nitrogens with one attached hydrogen (secondary N) is 4. The molecule has 0 radical (unpaired) electrons. The SMILES string of the molecule is COC(=O)c1ccc2c(-c3nc(N[C@H]4C[C@H](NCCCCNC(=O)OC(C)(C)C)C4)ncc3C(F)(F)F)c[nH]c2c1P(C)(C)=O. The number of halogens is 3. The Kier molecular flexibility index (Phi) is 10.2. The maximum absolute atomic E-state index is 14.1. The first-order valence-electron chi connectivity index (χ1n) is 14.7. The number of fused-ring (bicyclic) bond motifs is 1. The Labute approximate surface area is 259 Å². The minimum absolute atomic E-state index is 0.0239. The van der Waals surface area contributed by atoms with Crippen molar-refractivity contribution >= 4 is 41.4 Å². The van der Waals surface area contributed by atoms with E-state index in [1.807, 2.05) is 0 Å². The quantitative estimate of drug-likeness (QED) is 0.120. The molecule has 0 aliphatic heterocycles. The van der Waals surface area contributed by atoms with E-state index in [9.17, 15) is 27.3 Å². The highest BCUT2D eigenvalue weighted by atomic mass is 31.2. The summed E-state index contributed by atoms with van der Waals surface area (Å²) in [5.74, 6) is -0.632. The van der Waals surface area contributed by atoms with E-state index in [4.69, 9.17) is 9.47 Å². The first-order valence-corrected chi connectivity index (χ1v) is 17.3. The number of alkyl halides is 3. The van der Waals surface area contributed by atoms with Crippen LogP contribution >= 0.6 is 7.14 Å². The summed E-state index contributed by atoms with van der Waals surface area (Å²) < 4.78 is 65.5. The van der Waals surface area contributed by atoms with E-state index in [0.717, 1.165) is 38.4 Å². The number of hydrogen-bond acceptors (Lipinski definition) is 9. The van der Waals surface area contributed by atoms with Crippen LogP contribution < -0.4 is 21.3 Å². The number of aromatic amines is 1. The van der Waals surface area contributed by atoms with E-state index in [0.29, 0.717) is 11.9 Å². The first-order chi connectivity index (χ1) is 21.0. The molecular formula is C30H40F3N6O5P. The van der Waals surface area contributed by atoms with Crippen molar-refractivity contribution < 1.29 is 36.8 Å². The van der Waals surface area contributed by atoms with Gasteiger partial charge >= 0.3 is 18.2 Å². The number of alkyl carbamates (subject to hydrolysis) is 1. The summed E-state index contributed by atoms with van der Waals surface area (Å²) in [4.78, 5) is 35.3. The Bertz CT molecular complexity index is 1590. The number of hydrogen-bond donors (Lipinski definition) is 4. The van der Waals surface area contributed by atoms with E-state index in [1.165, 1.54) is 38.8 Å². The summed E-state index contributed by atoms with van der Waals surface area (Å²) in [6.07, 6.45) is 0.0915. The average molecular weight is 653 g/mol. The molecule has 0 spiro atoms. The molecule has 1 aliphatic carbocycles. The number of carbonyl (C=O) groups excluding carboxylic acids is 2. The monoisotopic (exact) mass is 652 g/mol. The molecule has 246 valence electrons. The molecule has 0 saturated heterocycles. The standard InChI is InChI=1S/C30H40F3N6O5P/c1-29(2,3)44-28(41)35-12-8-7-11-34-17-13-18(14-17)38-27-37-16-22(30(31,32)33)23(39-27)21-15-36-24-19(21)9-10-20(26(40)43-4)25(24)45(5,6)42/h9-10,15-18,34,36H,7-8,11-14H2,1-6H3,(H,35,41)(H,37,38,39)/t17-,18-. The second kappa shape index (κ2) is 13.4. The van der Waals surface area contributed by atoms with Crippen LogP contribution in [0.15, 0.2) is 24.5 Å². The number of amides is 1. The second-order valence-corrected chi connectivity index (χ2v) is 15.6. The fraction of sp³-hybridized carbons (Fsp3) is 0.533. The molecule has 45 heavy (non-hydrogen) atoms. The average Bonchev–Trinajstić information content (AvgIpc) is 3.34. The van der Waals surface area contributed by atoms with Gasteiger partial charge in [0, 0.05) is 47.3 Å². The highest BCUT2D eigenvalue weighted by Gasteiger charge is 2.37. The molecule has 15 heteroatoms. The van der Waals surface area contributed by atoms with Crippen molar-refractivity contribution in [2.75, 3.05) is 38.8 Å². The van der Waals surface area contributed by atoms with Gasteiger partial charge in [0.2, 0.25) is 5.95 Å². The van der Waals surface area contributed by atoms with Gasteiger partial charge in [-0.15, -0.1) is 0 Å². The molecule has 2 aromatic heterocycles. The molecule has 0 bridgehead atoms. The molecule has 4 rings (SSSR count). The Balaban J connectivity index is 1.42. The molecule has 0 unspecified atom stereocenters. The van der Waals surface area contributed by atoms with Gasteiger partial charge in [0.1, 0.15) is 18.3 Å². The van der Waals surface area contributed by atoms with Crippen LogP contribution in [0.1, 0.15) is 62.4 Å². The zero-order valence-corrected chi connectivity index (χ0v) is 27.1. The van der Waals surface area contributed by atoms with E-state index in [1.54, 1.807) is 20.8 Å². The van der Waals surface area contributed by atoms with Gasteiger partial charge in [-0.2, -0.15) is 13.2 Å². The topological polar surface area (TPSA) is 147 Å². The van der Waals surface area contributed by atoms with Crippen molar-refractivity contribution in [1.29, 1.82) is 0 Å². The highest BCUT2D eigenvalue weighted by molar-refractivity contribution is 7.70. The molecule has 4 N–H and O–H groups in total. The Morgan fingerprint density at radius 2 is 1.78 bits per heavy atom. The number of carbonyl (C=O) groups is 2. The van der Waals surface area contributed by atoms with Crippen LogP contribution in [0.4, 0.5) is 23.9 Å². The molecule has 1 saturated carbocycles. The van der Waals surface area contributed by atoms with Crippen molar-refractivity contribution in [3.05, 3.63) is 35.7 Å². The molecule has 2 heterocycles. The minimum Gasteiger partial charge on any atom is -0.465 e. The molecule has 1 aliphatic rings. The van der Waals surface area contributed by atoms with Gasteiger partial charge in [-0.25, -0.2) is 19.6 Å². The molecular weight excluding hydrogens is 612 g/mol. The molecule has 11 nitrogen and oxygen atoms in total. The van der Waals surface area contributed by atoms with Crippen LogP contribution in [0.3, 0.4) is 0 Å². The summed E-state index contributed by atoms with van der Waals surface area (Å²) in [7, 11) is -1.87. The Morgan fingerprint density at radius 1 is 1.09 bits per heavy atom. The number of benzene rings is 1. The Morgan fingerprint density at radius 3 is 2.40 bits per heavy atom. The lowest BCUT2D eigenvalue weighted by Gasteiger charge is -2.36. The normalized spacial score (nSPS) is 17.1. The molecule has 1 aromatic carbocycles. The zero-order chi connectivity index (χ0) is 33.2. The largest absolute Gasteiger partial charge is 0.465 e. The molecule has 0 atom stereocenters.